The molecular formula is C19H28IN5S. The Morgan fingerprint density at radius 3 is 2.77 bits per heavy atom. The van der Waals surface area contributed by atoms with E-state index >= 15 is 0 Å². The number of fused-ring (bicyclic) bond motifs is 1. The predicted octanol–water partition coefficient (Wildman–Crippen LogP) is 3.38. The molecule has 0 bridgehead atoms. The fourth-order valence-electron chi connectivity index (χ4n) is 3.03. The SMILES string of the molecule is CN=C(NCCCc1nc2c(s1)CCCC2)NCCc1ccccn1.I. The molecule has 1 aliphatic rings. The Morgan fingerprint density at radius 1 is 1.15 bits per heavy atom. The van der Waals surface area contributed by atoms with Crippen molar-refractivity contribution in [3.8, 4) is 0 Å². The van der Waals surface area contributed by atoms with Gasteiger partial charge in [0.05, 0.1) is 10.7 Å². The largest absolute Gasteiger partial charge is 0.356 e. The Morgan fingerprint density at radius 2 is 2.00 bits per heavy atom. The molecule has 2 N–H and O–H groups in total. The number of pyridine rings is 1. The van der Waals surface area contributed by atoms with E-state index in [0.29, 0.717) is 0 Å². The second-order valence-electron chi connectivity index (χ2n) is 6.28. The van der Waals surface area contributed by atoms with Gasteiger partial charge < -0.3 is 10.6 Å². The Balaban J connectivity index is 0.00000243. The van der Waals surface area contributed by atoms with Gasteiger partial charge in [0.1, 0.15) is 0 Å². The first kappa shape index (κ1) is 21.1. The van der Waals surface area contributed by atoms with E-state index in [1.807, 2.05) is 42.8 Å². The number of aromatic nitrogens is 2. The summed E-state index contributed by atoms with van der Waals surface area (Å²) in [6, 6.07) is 6.01. The quantitative estimate of drug-likeness (QED) is 0.273. The Hall–Kier alpha value is -1.22. The van der Waals surface area contributed by atoms with Gasteiger partial charge in [0.2, 0.25) is 0 Å². The molecular weight excluding hydrogens is 457 g/mol. The number of nitrogens with zero attached hydrogens (tertiary/aromatic N) is 3. The molecule has 2 aromatic heterocycles. The van der Waals surface area contributed by atoms with Gasteiger partial charge >= 0.3 is 0 Å². The molecule has 142 valence electrons. The van der Waals surface area contributed by atoms with Gasteiger partial charge in [-0.15, -0.1) is 35.3 Å². The van der Waals surface area contributed by atoms with Crippen LogP contribution in [-0.4, -0.2) is 36.1 Å². The van der Waals surface area contributed by atoms with E-state index < -0.39 is 0 Å². The number of aryl methyl sites for hydroxylation is 3. The summed E-state index contributed by atoms with van der Waals surface area (Å²) >= 11 is 1.92. The van der Waals surface area contributed by atoms with Gasteiger partial charge in [-0.25, -0.2) is 4.98 Å². The van der Waals surface area contributed by atoms with E-state index in [4.69, 9.17) is 4.98 Å². The molecule has 0 amide bonds. The zero-order chi connectivity index (χ0) is 17.3. The molecule has 0 aliphatic heterocycles. The fourth-order valence-corrected chi connectivity index (χ4v) is 4.23. The van der Waals surface area contributed by atoms with Crippen LogP contribution >= 0.6 is 35.3 Å². The van der Waals surface area contributed by atoms with Crippen molar-refractivity contribution >= 4 is 41.3 Å². The second kappa shape index (κ2) is 11.5. The molecule has 0 atom stereocenters. The zero-order valence-electron chi connectivity index (χ0n) is 15.3. The highest BCUT2D eigenvalue weighted by Crippen LogP contribution is 2.27. The average molecular weight is 485 g/mol. The Bertz CT molecular complexity index is 663. The zero-order valence-corrected chi connectivity index (χ0v) is 18.5. The Labute approximate surface area is 177 Å². The maximum Gasteiger partial charge on any atom is 0.190 e. The minimum Gasteiger partial charge on any atom is -0.356 e. The minimum absolute atomic E-state index is 0. The molecule has 1 aliphatic carbocycles. The van der Waals surface area contributed by atoms with E-state index in [1.165, 1.54) is 41.3 Å². The van der Waals surface area contributed by atoms with E-state index in [1.54, 1.807) is 0 Å². The van der Waals surface area contributed by atoms with E-state index in [0.717, 1.165) is 44.0 Å². The van der Waals surface area contributed by atoms with E-state index in [9.17, 15) is 0 Å². The van der Waals surface area contributed by atoms with E-state index in [2.05, 4.69) is 20.6 Å². The van der Waals surface area contributed by atoms with Crippen LogP contribution in [-0.2, 0) is 25.7 Å². The predicted molar refractivity (Wildman–Crippen MR) is 120 cm³/mol. The summed E-state index contributed by atoms with van der Waals surface area (Å²) in [7, 11) is 1.81. The Kier molecular flexibility index (Phi) is 9.31. The molecule has 0 spiro atoms. The molecule has 2 aromatic rings. The van der Waals surface area contributed by atoms with Crippen LogP contribution in [0.3, 0.4) is 0 Å². The number of thiazole rings is 1. The van der Waals surface area contributed by atoms with Crippen molar-refractivity contribution in [2.45, 2.75) is 44.9 Å². The van der Waals surface area contributed by atoms with Gasteiger partial charge in [-0.2, -0.15) is 0 Å². The third kappa shape index (κ3) is 6.50. The highest BCUT2D eigenvalue weighted by Gasteiger charge is 2.14. The second-order valence-corrected chi connectivity index (χ2v) is 7.45. The van der Waals surface area contributed by atoms with Crippen LogP contribution in [0.25, 0.3) is 0 Å². The van der Waals surface area contributed by atoms with Crippen LogP contribution in [0.4, 0.5) is 0 Å². The van der Waals surface area contributed by atoms with Crippen LogP contribution < -0.4 is 10.6 Å². The van der Waals surface area contributed by atoms with Crippen LogP contribution in [0, 0.1) is 0 Å². The molecule has 0 fully saturated rings. The third-order valence-electron chi connectivity index (χ3n) is 4.37. The van der Waals surface area contributed by atoms with Gasteiger partial charge in [-0.3, -0.25) is 9.98 Å². The maximum absolute atomic E-state index is 4.81. The lowest BCUT2D eigenvalue weighted by Gasteiger charge is -2.11. The topological polar surface area (TPSA) is 62.2 Å². The monoisotopic (exact) mass is 485 g/mol. The molecule has 0 radical (unpaired) electrons. The lowest BCUT2D eigenvalue weighted by Crippen LogP contribution is -2.38. The van der Waals surface area contributed by atoms with Crippen LogP contribution in [0.1, 0.15) is 40.5 Å². The summed E-state index contributed by atoms with van der Waals surface area (Å²) < 4.78 is 0. The normalized spacial score (nSPS) is 13.7. The first-order valence-corrected chi connectivity index (χ1v) is 9.98. The number of nitrogens with one attached hydrogen (secondary N) is 2. The van der Waals surface area contributed by atoms with Crippen LogP contribution in [0.2, 0.25) is 0 Å². The molecule has 0 aromatic carbocycles. The van der Waals surface area contributed by atoms with Crippen molar-refractivity contribution in [3.05, 3.63) is 45.7 Å². The van der Waals surface area contributed by atoms with E-state index in [-0.39, 0.29) is 24.0 Å². The number of hydrogen-bond acceptors (Lipinski definition) is 4. The van der Waals surface area contributed by atoms with Gasteiger partial charge in [0, 0.05) is 49.7 Å². The summed E-state index contributed by atoms with van der Waals surface area (Å²) in [5, 5.41) is 8.02. The van der Waals surface area contributed by atoms with Crippen LogP contribution in [0.15, 0.2) is 29.4 Å². The third-order valence-corrected chi connectivity index (χ3v) is 5.59. The highest BCUT2D eigenvalue weighted by molar-refractivity contribution is 14.0. The van der Waals surface area contributed by atoms with Gasteiger partial charge in [-0.1, -0.05) is 6.07 Å². The molecule has 5 nitrogen and oxygen atoms in total. The van der Waals surface area contributed by atoms with Crippen molar-refractivity contribution < 1.29 is 0 Å². The summed E-state index contributed by atoms with van der Waals surface area (Å²) in [4.78, 5) is 14.9. The number of hydrogen-bond donors (Lipinski definition) is 2. The fraction of sp³-hybridized carbons (Fsp3) is 0.526. The van der Waals surface area contributed by atoms with Gasteiger partial charge in [0.25, 0.3) is 0 Å². The van der Waals surface area contributed by atoms with Crippen molar-refractivity contribution in [3.63, 3.8) is 0 Å². The molecule has 0 saturated heterocycles. The van der Waals surface area contributed by atoms with Crippen molar-refractivity contribution in [2.24, 2.45) is 4.99 Å². The number of guanidine groups is 1. The standard InChI is InChI=1S/C19H27N5S.HI/c1-20-19(23-14-11-15-7-4-5-12-21-15)22-13-6-10-18-24-16-8-2-3-9-17(16)25-18;/h4-5,7,12H,2-3,6,8-11,13-14H2,1H3,(H2,20,22,23);1H. The summed E-state index contributed by atoms with van der Waals surface area (Å²) in [5.74, 6) is 0.856. The van der Waals surface area contributed by atoms with Gasteiger partial charge in [0.15, 0.2) is 5.96 Å². The number of rotatable bonds is 7. The lowest BCUT2D eigenvalue weighted by atomic mass is 10.0. The summed E-state index contributed by atoms with van der Waals surface area (Å²) in [6.07, 6.45) is 9.90. The smallest absolute Gasteiger partial charge is 0.190 e. The van der Waals surface area contributed by atoms with Crippen molar-refractivity contribution in [2.75, 3.05) is 20.1 Å². The first-order chi connectivity index (χ1) is 12.3. The lowest BCUT2D eigenvalue weighted by molar-refractivity contribution is 0.678. The summed E-state index contributed by atoms with van der Waals surface area (Å²) in [5.41, 5.74) is 2.46. The van der Waals surface area contributed by atoms with Gasteiger partial charge in [-0.05, 0) is 44.2 Å². The highest BCUT2D eigenvalue weighted by atomic mass is 127. The number of aliphatic imine (C=N–C) groups is 1. The van der Waals surface area contributed by atoms with Crippen molar-refractivity contribution in [1.29, 1.82) is 0 Å². The molecule has 26 heavy (non-hydrogen) atoms. The van der Waals surface area contributed by atoms with Crippen LogP contribution in [0.5, 0.6) is 0 Å². The minimum atomic E-state index is 0. The molecule has 7 heteroatoms. The molecule has 0 unspecified atom stereocenters. The molecule has 3 rings (SSSR count). The maximum atomic E-state index is 4.81. The average Bonchev–Trinajstić information content (AvgIpc) is 3.07. The molecule has 0 saturated carbocycles. The first-order valence-electron chi connectivity index (χ1n) is 9.17. The molecule has 2 heterocycles. The number of halogens is 1. The van der Waals surface area contributed by atoms with Crippen molar-refractivity contribution in [1.82, 2.24) is 20.6 Å². The summed E-state index contributed by atoms with van der Waals surface area (Å²) in [6.45, 7) is 1.74.